The van der Waals surface area contributed by atoms with Crippen molar-refractivity contribution in [3.63, 3.8) is 0 Å². The number of aliphatic hydroxyl groups is 1. The van der Waals surface area contributed by atoms with Gasteiger partial charge in [0.1, 0.15) is 6.04 Å². The number of rotatable bonds is 4. The summed E-state index contributed by atoms with van der Waals surface area (Å²) >= 11 is 0. The second-order valence-corrected chi connectivity index (χ2v) is 9.64. The van der Waals surface area contributed by atoms with E-state index in [1.807, 2.05) is 0 Å². The van der Waals surface area contributed by atoms with Crippen LogP contribution in [-0.4, -0.2) is 55.5 Å². The van der Waals surface area contributed by atoms with E-state index in [0.717, 1.165) is 19.3 Å². The Hall–Kier alpha value is -2.49. The van der Waals surface area contributed by atoms with Gasteiger partial charge in [0, 0.05) is 13.0 Å². The van der Waals surface area contributed by atoms with Crippen LogP contribution in [0.1, 0.15) is 50.8 Å². The highest BCUT2D eigenvalue weighted by atomic mass is 16.5. The minimum Gasteiger partial charge on any atom is -0.456 e. The minimum absolute atomic E-state index is 0.0220. The third-order valence-electron chi connectivity index (χ3n) is 7.36. The lowest BCUT2D eigenvalue weighted by molar-refractivity contribution is -0.166. The molecule has 30 heavy (non-hydrogen) atoms. The van der Waals surface area contributed by atoms with Crippen molar-refractivity contribution in [1.29, 1.82) is 0 Å². The Balaban J connectivity index is 1.30. The molecule has 1 aliphatic heterocycles. The van der Waals surface area contributed by atoms with E-state index in [-0.39, 0.29) is 48.6 Å². The van der Waals surface area contributed by atoms with E-state index >= 15 is 0 Å². The van der Waals surface area contributed by atoms with Crippen molar-refractivity contribution >= 4 is 23.8 Å². The Morgan fingerprint density at radius 3 is 2.13 bits per heavy atom. The average Bonchev–Trinajstić information content (AvgIpc) is 3.05. The maximum atomic E-state index is 13.7. The Kier molecular flexibility index (Phi) is 4.57. The Bertz CT molecular complexity index is 821. The van der Waals surface area contributed by atoms with Gasteiger partial charge in [-0.25, -0.2) is 4.79 Å². The third-order valence-corrected chi connectivity index (χ3v) is 7.36. The van der Waals surface area contributed by atoms with Crippen LogP contribution in [0.5, 0.6) is 0 Å². The van der Waals surface area contributed by atoms with Crippen LogP contribution in [0, 0.1) is 23.2 Å². The molecule has 1 aromatic heterocycles. The van der Waals surface area contributed by atoms with Gasteiger partial charge in [-0.3, -0.25) is 4.79 Å². The van der Waals surface area contributed by atoms with E-state index in [1.54, 1.807) is 4.90 Å². The van der Waals surface area contributed by atoms with Crippen molar-refractivity contribution in [2.75, 3.05) is 18.0 Å². The van der Waals surface area contributed by atoms with Crippen molar-refractivity contribution in [2.45, 2.75) is 63.7 Å². The summed E-state index contributed by atoms with van der Waals surface area (Å²) < 4.78 is 5.36. The van der Waals surface area contributed by atoms with Crippen LogP contribution in [0.3, 0.4) is 0 Å². The number of carbonyl (C=O) groups is 2. The monoisotopic (exact) mass is 416 g/mol. The highest BCUT2D eigenvalue weighted by Gasteiger charge is 2.57. The van der Waals surface area contributed by atoms with Gasteiger partial charge in [-0.1, -0.05) is 0 Å². The SMILES string of the molecule is Nc1nc(N)nc(COC(=O)[C@@H]2CC(O)CN2C(=O)C23CC4CC(CC(C4)C2)C3)n1. The van der Waals surface area contributed by atoms with Crippen molar-refractivity contribution in [3.05, 3.63) is 5.82 Å². The van der Waals surface area contributed by atoms with Gasteiger partial charge < -0.3 is 26.2 Å². The number of hydrogen-bond donors (Lipinski definition) is 3. The first-order valence-corrected chi connectivity index (χ1v) is 10.7. The first-order valence-electron chi connectivity index (χ1n) is 10.7. The Morgan fingerprint density at radius 1 is 1.00 bits per heavy atom. The summed E-state index contributed by atoms with van der Waals surface area (Å²) in [6.07, 6.45) is 5.89. The zero-order valence-electron chi connectivity index (χ0n) is 16.9. The topological polar surface area (TPSA) is 158 Å². The molecule has 0 radical (unpaired) electrons. The Morgan fingerprint density at radius 2 is 1.57 bits per heavy atom. The zero-order chi connectivity index (χ0) is 21.0. The summed E-state index contributed by atoms with van der Waals surface area (Å²) in [4.78, 5) is 39.5. The van der Waals surface area contributed by atoms with Gasteiger partial charge in [0.2, 0.25) is 17.8 Å². The van der Waals surface area contributed by atoms with Gasteiger partial charge in [0.15, 0.2) is 12.4 Å². The summed E-state index contributed by atoms with van der Waals surface area (Å²) in [7, 11) is 0. The number of nitrogens with two attached hydrogens (primary N) is 2. The lowest BCUT2D eigenvalue weighted by atomic mass is 9.49. The van der Waals surface area contributed by atoms with Crippen LogP contribution in [0.25, 0.3) is 0 Å². The number of anilines is 2. The summed E-state index contributed by atoms with van der Waals surface area (Å²) in [6, 6.07) is -0.794. The second kappa shape index (κ2) is 7.04. The molecule has 5 N–H and O–H groups in total. The van der Waals surface area contributed by atoms with Crippen LogP contribution < -0.4 is 11.5 Å². The number of likely N-dealkylation sites (tertiary alicyclic amines) is 1. The molecule has 0 aromatic carbocycles. The van der Waals surface area contributed by atoms with Gasteiger partial charge in [0.05, 0.1) is 11.5 Å². The van der Waals surface area contributed by atoms with Crippen LogP contribution >= 0.6 is 0 Å². The standard InChI is InChI=1S/C20H28N6O4/c21-18-23-15(24-19(22)25-18)9-30-16(28)14-4-13(27)8-26(14)17(29)20-5-10-1-11(6-20)3-12(2-10)7-20/h10-14,27H,1-9H2,(H4,21,22,23,24,25)/t10?,11?,12?,13?,14-,20?/m0/s1. The van der Waals surface area contributed by atoms with Crippen molar-refractivity contribution in [3.8, 4) is 0 Å². The van der Waals surface area contributed by atoms with Crippen LogP contribution in [0.4, 0.5) is 11.9 Å². The first-order chi connectivity index (χ1) is 14.3. The molecule has 1 aromatic rings. The van der Waals surface area contributed by atoms with Gasteiger partial charge in [-0.15, -0.1) is 0 Å². The van der Waals surface area contributed by atoms with E-state index in [9.17, 15) is 14.7 Å². The molecule has 2 heterocycles. The van der Waals surface area contributed by atoms with Gasteiger partial charge in [-0.05, 0) is 56.3 Å². The molecule has 4 aliphatic carbocycles. The van der Waals surface area contributed by atoms with Crippen molar-refractivity contribution in [2.24, 2.45) is 23.2 Å². The third kappa shape index (κ3) is 3.36. The summed E-state index contributed by atoms with van der Waals surface area (Å²) in [5.74, 6) is 1.36. The number of β-amino-alcohol motifs (C(OH)–C–C–N with tert-alkyl or cyclic N) is 1. The molecular weight excluding hydrogens is 388 g/mol. The van der Waals surface area contributed by atoms with E-state index in [1.165, 1.54) is 19.3 Å². The number of nitrogen functional groups attached to an aromatic ring is 2. The zero-order valence-corrected chi connectivity index (χ0v) is 16.9. The normalized spacial score (nSPS) is 36.8. The van der Waals surface area contributed by atoms with Crippen molar-refractivity contribution < 1.29 is 19.4 Å². The fourth-order valence-electron chi connectivity index (χ4n) is 6.69. The minimum atomic E-state index is -0.794. The summed E-state index contributed by atoms with van der Waals surface area (Å²) in [6.45, 7) is -0.0479. The fourth-order valence-corrected chi connectivity index (χ4v) is 6.69. The molecule has 162 valence electrons. The molecule has 1 unspecified atom stereocenters. The van der Waals surface area contributed by atoms with Gasteiger partial charge in [0.25, 0.3) is 0 Å². The molecule has 1 amide bonds. The van der Waals surface area contributed by atoms with E-state index in [0.29, 0.717) is 17.8 Å². The number of aliphatic hydroxyl groups excluding tert-OH is 1. The highest BCUT2D eigenvalue weighted by molar-refractivity contribution is 5.89. The van der Waals surface area contributed by atoms with Crippen LogP contribution in [-0.2, 0) is 20.9 Å². The molecule has 0 spiro atoms. The molecular formula is C20H28N6O4. The van der Waals surface area contributed by atoms with Crippen LogP contribution in [0.15, 0.2) is 0 Å². The number of amides is 1. The number of esters is 1. The van der Waals surface area contributed by atoms with E-state index in [4.69, 9.17) is 16.2 Å². The van der Waals surface area contributed by atoms with E-state index < -0.39 is 18.1 Å². The maximum absolute atomic E-state index is 13.7. The molecule has 5 fully saturated rings. The maximum Gasteiger partial charge on any atom is 0.329 e. The van der Waals surface area contributed by atoms with Gasteiger partial charge in [-0.2, -0.15) is 15.0 Å². The highest BCUT2D eigenvalue weighted by Crippen LogP contribution is 2.60. The lowest BCUT2D eigenvalue weighted by Crippen LogP contribution is -2.56. The first kappa shape index (κ1) is 19.5. The molecule has 2 atom stereocenters. The van der Waals surface area contributed by atoms with Crippen LogP contribution in [0.2, 0.25) is 0 Å². The quantitative estimate of drug-likeness (QED) is 0.585. The number of aromatic nitrogens is 3. The summed E-state index contributed by atoms with van der Waals surface area (Å²) in [5.41, 5.74) is 10.7. The molecule has 10 heteroatoms. The van der Waals surface area contributed by atoms with Gasteiger partial charge >= 0.3 is 5.97 Å². The second-order valence-electron chi connectivity index (χ2n) is 9.64. The molecule has 6 rings (SSSR count). The largest absolute Gasteiger partial charge is 0.456 e. The molecule has 5 aliphatic rings. The molecule has 1 saturated heterocycles. The molecule has 4 bridgehead atoms. The molecule has 4 saturated carbocycles. The number of nitrogens with zero attached hydrogens (tertiary/aromatic N) is 4. The lowest BCUT2D eigenvalue weighted by Gasteiger charge is -2.56. The average molecular weight is 416 g/mol. The predicted molar refractivity (Wildman–Crippen MR) is 105 cm³/mol. The smallest absolute Gasteiger partial charge is 0.329 e. The fraction of sp³-hybridized carbons (Fsp3) is 0.750. The number of carbonyl (C=O) groups excluding carboxylic acids is 2. The summed E-state index contributed by atoms with van der Waals surface area (Å²) in [5, 5.41) is 10.2. The number of ether oxygens (including phenoxy) is 1. The predicted octanol–water partition coefficient (Wildman–Crippen LogP) is 0.257. The Labute approximate surface area is 174 Å². The molecule has 10 nitrogen and oxygen atoms in total. The van der Waals surface area contributed by atoms with E-state index in [2.05, 4.69) is 15.0 Å². The number of hydrogen-bond acceptors (Lipinski definition) is 9. The van der Waals surface area contributed by atoms with Crippen molar-refractivity contribution in [1.82, 2.24) is 19.9 Å².